The molecule has 0 radical (unpaired) electrons. The lowest BCUT2D eigenvalue weighted by atomic mass is 10.1. The molecule has 0 aromatic heterocycles. The van der Waals surface area contributed by atoms with E-state index in [9.17, 15) is 4.79 Å². The molecular formula is C14H16OS. The minimum absolute atomic E-state index is 0.161. The summed E-state index contributed by atoms with van der Waals surface area (Å²) < 4.78 is 0. The molecule has 0 heterocycles. The molecular weight excluding hydrogens is 216 g/mol. The highest BCUT2D eigenvalue weighted by Gasteiger charge is 1.94. The van der Waals surface area contributed by atoms with Gasteiger partial charge in [0.05, 0.1) is 0 Å². The van der Waals surface area contributed by atoms with Crippen LogP contribution in [-0.2, 0) is 4.79 Å². The van der Waals surface area contributed by atoms with Crippen LogP contribution in [0.25, 0.3) is 0 Å². The van der Waals surface area contributed by atoms with Crippen molar-refractivity contribution in [3.05, 3.63) is 34.9 Å². The van der Waals surface area contributed by atoms with Crippen LogP contribution >= 0.6 is 11.8 Å². The Morgan fingerprint density at radius 2 is 2.12 bits per heavy atom. The highest BCUT2D eigenvalue weighted by molar-refractivity contribution is 8.13. The van der Waals surface area contributed by atoms with E-state index in [2.05, 4.69) is 43.9 Å². The second-order valence-corrected chi connectivity index (χ2v) is 4.98. The SMILES string of the molecule is CC(=O)SCCC#Cc1cc(C)ccc1C. The molecule has 1 aromatic carbocycles. The van der Waals surface area contributed by atoms with E-state index in [1.54, 1.807) is 6.92 Å². The van der Waals surface area contributed by atoms with Gasteiger partial charge in [-0.05, 0) is 31.0 Å². The van der Waals surface area contributed by atoms with Gasteiger partial charge in [0.2, 0.25) is 0 Å². The summed E-state index contributed by atoms with van der Waals surface area (Å²) in [5.41, 5.74) is 3.53. The van der Waals surface area contributed by atoms with Crippen LogP contribution in [0.3, 0.4) is 0 Å². The van der Waals surface area contributed by atoms with Crippen LogP contribution < -0.4 is 0 Å². The number of carbonyl (C=O) groups is 1. The molecule has 16 heavy (non-hydrogen) atoms. The van der Waals surface area contributed by atoms with Gasteiger partial charge in [-0.2, -0.15) is 0 Å². The fourth-order valence-corrected chi connectivity index (χ4v) is 1.77. The lowest BCUT2D eigenvalue weighted by Crippen LogP contribution is -1.85. The molecule has 0 aliphatic heterocycles. The summed E-state index contributed by atoms with van der Waals surface area (Å²) in [4.78, 5) is 10.7. The molecule has 0 saturated carbocycles. The Balaban J connectivity index is 2.56. The van der Waals surface area contributed by atoms with E-state index in [-0.39, 0.29) is 5.12 Å². The first-order valence-electron chi connectivity index (χ1n) is 5.29. The van der Waals surface area contributed by atoms with Crippen molar-refractivity contribution in [2.75, 3.05) is 5.75 Å². The molecule has 1 rings (SSSR count). The topological polar surface area (TPSA) is 17.1 Å². The maximum Gasteiger partial charge on any atom is 0.185 e. The van der Waals surface area contributed by atoms with Crippen molar-refractivity contribution in [3.8, 4) is 11.8 Å². The van der Waals surface area contributed by atoms with E-state index in [0.29, 0.717) is 0 Å². The number of hydrogen-bond donors (Lipinski definition) is 0. The average molecular weight is 232 g/mol. The zero-order valence-electron chi connectivity index (χ0n) is 9.96. The number of aryl methyl sites for hydroxylation is 2. The molecule has 0 unspecified atom stereocenters. The fraction of sp³-hybridized carbons (Fsp3) is 0.357. The van der Waals surface area contributed by atoms with Crippen LogP contribution in [0.5, 0.6) is 0 Å². The van der Waals surface area contributed by atoms with Gasteiger partial charge in [-0.1, -0.05) is 35.7 Å². The van der Waals surface area contributed by atoms with Crippen molar-refractivity contribution in [2.24, 2.45) is 0 Å². The minimum Gasteiger partial charge on any atom is -0.288 e. The van der Waals surface area contributed by atoms with Crippen LogP contribution in [0.15, 0.2) is 18.2 Å². The molecule has 0 bridgehead atoms. The molecule has 0 aliphatic rings. The van der Waals surface area contributed by atoms with Gasteiger partial charge in [0.25, 0.3) is 0 Å². The van der Waals surface area contributed by atoms with Gasteiger partial charge in [0.15, 0.2) is 5.12 Å². The molecule has 0 fully saturated rings. The van der Waals surface area contributed by atoms with Crippen LogP contribution in [0.2, 0.25) is 0 Å². The summed E-state index contributed by atoms with van der Waals surface area (Å²) in [6.07, 6.45) is 0.762. The van der Waals surface area contributed by atoms with Gasteiger partial charge < -0.3 is 0 Å². The summed E-state index contributed by atoms with van der Waals surface area (Å²) in [7, 11) is 0. The van der Waals surface area contributed by atoms with Gasteiger partial charge in [0.1, 0.15) is 0 Å². The van der Waals surface area contributed by atoms with Crippen LogP contribution in [0.1, 0.15) is 30.0 Å². The molecule has 1 nitrogen and oxygen atoms in total. The third-order valence-corrected chi connectivity index (χ3v) is 2.96. The largest absolute Gasteiger partial charge is 0.288 e. The van der Waals surface area contributed by atoms with Gasteiger partial charge in [-0.15, -0.1) is 0 Å². The number of carbonyl (C=O) groups excluding carboxylic acids is 1. The van der Waals surface area contributed by atoms with Crippen molar-refractivity contribution in [1.29, 1.82) is 0 Å². The standard InChI is InChI=1S/C14H16OS/c1-11-7-8-12(2)14(10-11)6-4-5-9-16-13(3)15/h7-8,10H,5,9H2,1-3H3. The summed E-state index contributed by atoms with van der Waals surface area (Å²) in [6, 6.07) is 6.27. The molecule has 0 saturated heterocycles. The molecule has 0 atom stereocenters. The molecule has 0 spiro atoms. The first-order chi connectivity index (χ1) is 7.59. The Hall–Kier alpha value is -1.20. The van der Waals surface area contributed by atoms with Crippen molar-refractivity contribution in [3.63, 3.8) is 0 Å². The predicted octanol–water partition coefficient (Wildman–Crippen LogP) is 3.32. The van der Waals surface area contributed by atoms with Gasteiger partial charge in [0, 0.05) is 24.7 Å². The molecule has 2 heteroatoms. The van der Waals surface area contributed by atoms with Crippen molar-refractivity contribution >= 4 is 16.9 Å². The second-order valence-electron chi connectivity index (χ2n) is 3.71. The fourth-order valence-electron chi connectivity index (χ4n) is 1.27. The molecule has 0 aliphatic carbocycles. The lowest BCUT2D eigenvalue weighted by molar-refractivity contribution is -0.109. The maximum absolute atomic E-state index is 10.7. The van der Waals surface area contributed by atoms with E-state index >= 15 is 0 Å². The quantitative estimate of drug-likeness (QED) is 0.574. The van der Waals surface area contributed by atoms with E-state index in [4.69, 9.17) is 0 Å². The normalized spacial score (nSPS) is 9.44. The minimum atomic E-state index is 0.161. The third-order valence-electron chi connectivity index (χ3n) is 2.15. The van der Waals surface area contributed by atoms with Gasteiger partial charge in [-0.3, -0.25) is 4.79 Å². The van der Waals surface area contributed by atoms with E-state index in [1.807, 2.05) is 0 Å². The summed E-state index contributed by atoms with van der Waals surface area (Å²) in [5, 5.41) is 0.161. The Bertz CT molecular complexity index is 438. The van der Waals surface area contributed by atoms with E-state index < -0.39 is 0 Å². The Morgan fingerprint density at radius 1 is 1.38 bits per heavy atom. The first-order valence-corrected chi connectivity index (χ1v) is 6.27. The number of hydrogen-bond acceptors (Lipinski definition) is 2. The zero-order valence-corrected chi connectivity index (χ0v) is 10.8. The third kappa shape index (κ3) is 4.55. The highest BCUT2D eigenvalue weighted by atomic mass is 32.2. The van der Waals surface area contributed by atoms with Crippen LogP contribution in [0.4, 0.5) is 0 Å². The number of rotatable bonds is 2. The lowest BCUT2D eigenvalue weighted by Gasteiger charge is -1.98. The highest BCUT2D eigenvalue weighted by Crippen LogP contribution is 2.09. The second kappa shape index (κ2) is 6.40. The zero-order chi connectivity index (χ0) is 12.0. The average Bonchev–Trinajstić information content (AvgIpc) is 2.22. The first kappa shape index (κ1) is 12.9. The van der Waals surface area contributed by atoms with Gasteiger partial charge in [-0.25, -0.2) is 0 Å². The summed E-state index contributed by atoms with van der Waals surface area (Å²) in [5.74, 6) is 7.04. The summed E-state index contributed by atoms with van der Waals surface area (Å²) >= 11 is 1.33. The van der Waals surface area contributed by atoms with Crippen LogP contribution in [-0.4, -0.2) is 10.9 Å². The van der Waals surface area contributed by atoms with Crippen molar-refractivity contribution in [1.82, 2.24) is 0 Å². The molecule has 0 N–H and O–H groups in total. The van der Waals surface area contributed by atoms with Gasteiger partial charge >= 0.3 is 0 Å². The maximum atomic E-state index is 10.7. The van der Waals surface area contributed by atoms with E-state index in [1.165, 1.54) is 22.9 Å². The molecule has 84 valence electrons. The number of benzene rings is 1. The van der Waals surface area contributed by atoms with Crippen molar-refractivity contribution in [2.45, 2.75) is 27.2 Å². The Morgan fingerprint density at radius 3 is 2.81 bits per heavy atom. The van der Waals surface area contributed by atoms with E-state index in [0.717, 1.165) is 17.7 Å². The predicted molar refractivity (Wildman–Crippen MR) is 70.6 cm³/mol. The Labute approximate surface area is 102 Å². The molecule has 1 aromatic rings. The van der Waals surface area contributed by atoms with Crippen molar-refractivity contribution < 1.29 is 4.79 Å². The smallest absolute Gasteiger partial charge is 0.185 e. The number of thioether (sulfide) groups is 1. The monoisotopic (exact) mass is 232 g/mol. The van der Waals surface area contributed by atoms with Crippen LogP contribution in [0, 0.1) is 25.7 Å². The summed E-state index contributed by atoms with van der Waals surface area (Å²) in [6.45, 7) is 5.72. The Kier molecular flexibility index (Phi) is 5.14. The molecule has 0 amide bonds.